The first-order valence-electron chi connectivity index (χ1n) is 5.62. The van der Waals surface area contributed by atoms with E-state index in [1.807, 2.05) is 0 Å². The Hall–Kier alpha value is -1.27. The molecule has 1 aromatic rings. The Labute approximate surface area is 113 Å². The summed E-state index contributed by atoms with van der Waals surface area (Å²) in [5.41, 5.74) is -1.40. The SMILES string of the molecule is O=C(CCCCO)Nc1c(Cl)cccc1C(F)(F)F. The third-order valence-corrected chi connectivity index (χ3v) is 2.71. The van der Waals surface area contributed by atoms with Gasteiger partial charge in [0.2, 0.25) is 5.91 Å². The summed E-state index contributed by atoms with van der Waals surface area (Å²) >= 11 is 5.69. The van der Waals surface area contributed by atoms with Gasteiger partial charge in [-0.25, -0.2) is 0 Å². The van der Waals surface area contributed by atoms with Crippen molar-refractivity contribution in [2.24, 2.45) is 0 Å². The van der Waals surface area contributed by atoms with E-state index in [1.54, 1.807) is 0 Å². The summed E-state index contributed by atoms with van der Waals surface area (Å²) in [5.74, 6) is -0.563. The molecule has 1 aromatic carbocycles. The number of hydrogen-bond acceptors (Lipinski definition) is 2. The molecule has 0 atom stereocenters. The molecule has 0 spiro atoms. The van der Waals surface area contributed by atoms with E-state index in [9.17, 15) is 18.0 Å². The molecule has 0 aromatic heterocycles. The molecule has 2 N–H and O–H groups in total. The number of nitrogens with one attached hydrogen (secondary N) is 1. The molecular formula is C12H13ClF3NO2. The smallest absolute Gasteiger partial charge is 0.396 e. The summed E-state index contributed by atoms with van der Waals surface area (Å²) in [6.45, 7) is -0.0623. The number of carbonyl (C=O) groups excluding carboxylic acids is 1. The number of para-hydroxylation sites is 1. The van der Waals surface area contributed by atoms with E-state index in [-0.39, 0.29) is 18.1 Å². The van der Waals surface area contributed by atoms with Gasteiger partial charge in [0.25, 0.3) is 0 Å². The van der Waals surface area contributed by atoms with Crippen molar-refractivity contribution in [1.29, 1.82) is 0 Å². The number of benzene rings is 1. The van der Waals surface area contributed by atoms with Crippen LogP contribution in [0.2, 0.25) is 5.02 Å². The van der Waals surface area contributed by atoms with Gasteiger partial charge in [-0.2, -0.15) is 13.2 Å². The molecule has 1 amide bonds. The van der Waals surface area contributed by atoms with Gasteiger partial charge in [0, 0.05) is 13.0 Å². The largest absolute Gasteiger partial charge is 0.418 e. The van der Waals surface area contributed by atoms with Gasteiger partial charge in [0.05, 0.1) is 16.3 Å². The van der Waals surface area contributed by atoms with Gasteiger partial charge in [-0.05, 0) is 25.0 Å². The lowest BCUT2D eigenvalue weighted by molar-refractivity contribution is -0.137. The predicted octanol–water partition coefficient (Wildman–Crippen LogP) is 3.46. The van der Waals surface area contributed by atoms with Crippen LogP contribution in [0.3, 0.4) is 0 Å². The lowest BCUT2D eigenvalue weighted by Crippen LogP contribution is -2.16. The van der Waals surface area contributed by atoms with E-state index >= 15 is 0 Å². The normalized spacial score (nSPS) is 11.4. The molecule has 106 valence electrons. The van der Waals surface area contributed by atoms with Crippen LogP contribution in [0.15, 0.2) is 18.2 Å². The summed E-state index contributed by atoms with van der Waals surface area (Å²) in [5, 5.41) is 10.6. The van der Waals surface area contributed by atoms with E-state index in [1.165, 1.54) is 12.1 Å². The van der Waals surface area contributed by atoms with Crippen LogP contribution in [0.5, 0.6) is 0 Å². The first kappa shape index (κ1) is 15.8. The van der Waals surface area contributed by atoms with Gasteiger partial charge in [-0.3, -0.25) is 4.79 Å². The third-order valence-electron chi connectivity index (χ3n) is 2.40. The highest BCUT2D eigenvalue weighted by atomic mass is 35.5. The topological polar surface area (TPSA) is 49.3 Å². The highest BCUT2D eigenvalue weighted by Gasteiger charge is 2.34. The van der Waals surface area contributed by atoms with Gasteiger partial charge >= 0.3 is 6.18 Å². The fourth-order valence-corrected chi connectivity index (χ4v) is 1.71. The second-order valence-corrected chi connectivity index (χ2v) is 4.30. The zero-order chi connectivity index (χ0) is 14.5. The molecule has 0 aliphatic rings. The number of aliphatic hydroxyl groups excluding tert-OH is 1. The number of aliphatic hydroxyl groups is 1. The summed E-state index contributed by atoms with van der Waals surface area (Å²) in [4.78, 5) is 11.5. The number of hydrogen-bond donors (Lipinski definition) is 2. The number of anilines is 1. The molecule has 0 unspecified atom stereocenters. The van der Waals surface area contributed by atoms with Gasteiger partial charge < -0.3 is 10.4 Å². The van der Waals surface area contributed by atoms with Crippen LogP contribution in [0.4, 0.5) is 18.9 Å². The van der Waals surface area contributed by atoms with Gasteiger partial charge in [0.1, 0.15) is 0 Å². The van der Waals surface area contributed by atoms with Crippen molar-refractivity contribution in [2.75, 3.05) is 11.9 Å². The molecule has 0 aliphatic carbocycles. The number of rotatable bonds is 5. The number of alkyl halides is 3. The standard InChI is InChI=1S/C12H13ClF3NO2/c13-9-5-3-4-8(12(14,15)16)11(9)17-10(19)6-1-2-7-18/h3-5,18H,1-2,6-7H2,(H,17,19). The fourth-order valence-electron chi connectivity index (χ4n) is 1.49. The highest BCUT2D eigenvalue weighted by Crippen LogP contribution is 2.38. The summed E-state index contributed by atoms with van der Waals surface area (Å²) < 4.78 is 38.2. The minimum atomic E-state index is -4.58. The Morgan fingerprint density at radius 3 is 2.58 bits per heavy atom. The monoisotopic (exact) mass is 295 g/mol. The molecule has 19 heavy (non-hydrogen) atoms. The zero-order valence-corrected chi connectivity index (χ0v) is 10.7. The second-order valence-electron chi connectivity index (χ2n) is 3.89. The lowest BCUT2D eigenvalue weighted by Gasteiger charge is -2.15. The maximum atomic E-state index is 12.7. The van der Waals surface area contributed by atoms with Crippen molar-refractivity contribution in [1.82, 2.24) is 0 Å². The first-order chi connectivity index (χ1) is 8.86. The Morgan fingerprint density at radius 2 is 2.00 bits per heavy atom. The van der Waals surface area contributed by atoms with E-state index in [0.29, 0.717) is 12.8 Å². The van der Waals surface area contributed by atoms with Gasteiger partial charge in [-0.1, -0.05) is 17.7 Å². The number of amides is 1. The Balaban J connectivity index is 2.85. The number of unbranched alkanes of at least 4 members (excludes halogenated alkanes) is 1. The van der Waals surface area contributed by atoms with Gasteiger partial charge in [0.15, 0.2) is 0 Å². The van der Waals surface area contributed by atoms with Crippen molar-refractivity contribution >= 4 is 23.2 Å². The minimum absolute atomic E-state index is 0.0308. The van der Waals surface area contributed by atoms with E-state index in [4.69, 9.17) is 16.7 Å². The molecule has 3 nitrogen and oxygen atoms in total. The average molecular weight is 296 g/mol. The maximum Gasteiger partial charge on any atom is 0.418 e. The van der Waals surface area contributed by atoms with Crippen LogP contribution in [-0.2, 0) is 11.0 Å². The molecule has 7 heteroatoms. The summed E-state index contributed by atoms with van der Waals surface area (Å²) in [6, 6.07) is 3.31. The van der Waals surface area contributed by atoms with Crippen molar-refractivity contribution in [3.8, 4) is 0 Å². The second kappa shape index (κ2) is 6.77. The molecule has 0 bridgehead atoms. The van der Waals surface area contributed by atoms with E-state index in [2.05, 4.69) is 5.32 Å². The summed E-state index contributed by atoms with van der Waals surface area (Å²) in [7, 11) is 0. The van der Waals surface area contributed by atoms with Gasteiger partial charge in [-0.15, -0.1) is 0 Å². The fraction of sp³-hybridized carbons (Fsp3) is 0.417. The van der Waals surface area contributed by atoms with E-state index < -0.39 is 23.3 Å². The Kier molecular flexibility index (Phi) is 5.62. The average Bonchev–Trinajstić information content (AvgIpc) is 2.30. The van der Waals surface area contributed by atoms with Crippen LogP contribution < -0.4 is 5.32 Å². The summed E-state index contributed by atoms with van der Waals surface area (Å²) in [6.07, 6.45) is -3.74. The minimum Gasteiger partial charge on any atom is -0.396 e. The maximum absolute atomic E-state index is 12.7. The first-order valence-corrected chi connectivity index (χ1v) is 6.00. The molecule has 0 heterocycles. The predicted molar refractivity (Wildman–Crippen MR) is 66.0 cm³/mol. The quantitative estimate of drug-likeness (QED) is 0.817. The van der Waals surface area contributed by atoms with Crippen LogP contribution in [0.25, 0.3) is 0 Å². The number of halogens is 4. The molecular weight excluding hydrogens is 283 g/mol. The van der Waals surface area contributed by atoms with Crippen molar-refractivity contribution in [2.45, 2.75) is 25.4 Å². The molecule has 0 saturated heterocycles. The lowest BCUT2D eigenvalue weighted by atomic mass is 10.1. The molecule has 0 saturated carbocycles. The molecule has 0 fully saturated rings. The highest BCUT2D eigenvalue weighted by molar-refractivity contribution is 6.34. The van der Waals surface area contributed by atoms with Crippen molar-refractivity contribution < 1.29 is 23.1 Å². The van der Waals surface area contributed by atoms with Crippen molar-refractivity contribution in [3.05, 3.63) is 28.8 Å². The zero-order valence-electron chi connectivity index (χ0n) is 9.93. The van der Waals surface area contributed by atoms with Crippen LogP contribution >= 0.6 is 11.6 Å². The van der Waals surface area contributed by atoms with Crippen molar-refractivity contribution in [3.63, 3.8) is 0 Å². The molecule has 0 aliphatic heterocycles. The van der Waals surface area contributed by atoms with E-state index in [0.717, 1.165) is 6.07 Å². The molecule has 1 rings (SSSR count). The Bertz CT molecular complexity index is 449. The Morgan fingerprint density at radius 1 is 1.32 bits per heavy atom. The number of carbonyl (C=O) groups is 1. The van der Waals surface area contributed by atoms with Crippen LogP contribution in [0, 0.1) is 0 Å². The molecule has 0 radical (unpaired) electrons. The van der Waals surface area contributed by atoms with Crippen LogP contribution in [0.1, 0.15) is 24.8 Å². The third kappa shape index (κ3) is 4.72. The van der Waals surface area contributed by atoms with Crippen LogP contribution in [-0.4, -0.2) is 17.6 Å².